The van der Waals surface area contributed by atoms with Crippen LogP contribution in [0.5, 0.6) is 17.2 Å². The van der Waals surface area contributed by atoms with Crippen molar-refractivity contribution in [2.45, 2.75) is 51.8 Å². The summed E-state index contributed by atoms with van der Waals surface area (Å²) < 4.78 is 17.1. The van der Waals surface area contributed by atoms with Gasteiger partial charge < -0.3 is 24.4 Å². The number of fused-ring (bicyclic) bond motifs is 2. The molecule has 0 bridgehead atoms. The summed E-state index contributed by atoms with van der Waals surface area (Å²) in [5.74, 6) is 1.35. The standard InChI is InChI=1S/C27H32N2O5/c1-17(2)25-26(30)28-21(19-13-14-23-24(15-19)33-16-32-23)11-7-5-9-18(3)34-22-12-8-6-10-20(22)27(31)29(25)4/h5-8,10,12-15,17-18,21,25H,9,11,16H2,1-4H3,(H,28,30)/b7-5-/t18-,21-,25+/m0/s1. The molecular weight excluding hydrogens is 432 g/mol. The number of nitrogens with one attached hydrogen (secondary N) is 1. The van der Waals surface area contributed by atoms with E-state index >= 15 is 0 Å². The Morgan fingerprint density at radius 1 is 0.971 bits per heavy atom. The maximum absolute atomic E-state index is 13.5. The zero-order chi connectivity index (χ0) is 24.2. The van der Waals surface area contributed by atoms with Crippen molar-refractivity contribution in [2.24, 2.45) is 5.92 Å². The quantitative estimate of drug-likeness (QED) is 0.663. The topological polar surface area (TPSA) is 77.1 Å². The predicted octanol–water partition coefficient (Wildman–Crippen LogP) is 4.49. The van der Waals surface area contributed by atoms with Gasteiger partial charge in [-0.15, -0.1) is 0 Å². The van der Waals surface area contributed by atoms with E-state index < -0.39 is 6.04 Å². The van der Waals surface area contributed by atoms with Crippen molar-refractivity contribution in [3.05, 3.63) is 65.7 Å². The minimum Gasteiger partial charge on any atom is -0.490 e. The van der Waals surface area contributed by atoms with Crippen LogP contribution in [-0.2, 0) is 4.79 Å². The van der Waals surface area contributed by atoms with Crippen LogP contribution >= 0.6 is 0 Å². The monoisotopic (exact) mass is 464 g/mol. The number of likely N-dealkylation sites (N-methyl/N-ethyl adjacent to an activating group) is 1. The largest absolute Gasteiger partial charge is 0.490 e. The van der Waals surface area contributed by atoms with Crippen LogP contribution in [0.15, 0.2) is 54.6 Å². The summed E-state index contributed by atoms with van der Waals surface area (Å²) in [6.07, 6.45) is 5.27. The molecule has 3 atom stereocenters. The molecule has 180 valence electrons. The first-order valence-corrected chi connectivity index (χ1v) is 11.7. The fraction of sp³-hybridized carbons (Fsp3) is 0.407. The molecule has 2 heterocycles. The summed E-state index contributed by atoms with van der Waals surface area (Å²) in [4.78, 5) is 28.5. The lowest BCUT2D eigenvalue weighted by atomic mass is 9.97. The second-order valence-corrected chi connectivity index (χ2v) is 9.15. The Hall–Kier alpha value is -3.48. The minimum absolute atomic E-state index is 0.0955. The second kappa shape index (κ2) is 10.2. The van der Waals surface area contributed by atoms with E-state index in [4.69, 9.17) is 14.2 Å². The molecule has 0 unspecified atom stereocenters. The van der Waals surface area contributed by atoms with Gasteiger partial charge in [-0.1, -0.05) is 44.2 Å². The molecule has 34 heavy (non-hydrogen) atoms. The van der Waals surface area contributed by atoms with Gasteiger partial charge in [0.15, 0.2) is 11.5 Å². The zero-order valence-corrected chi connectivity index (χ0v) is 20.1. The summed E-state index contributed by atoms with van der Waals surface area (Å²) in [7, 11) is 1.67. The lowest BCUT2D eigenvalue weighted by Crippen LogP contribution is -2.51. The van der Waals surface area contributed by atoms with Gasteiger partial charge in [-0.05, 0) is 49.1 Å². The van der Waals surface area contributed by atoms with Gasteiger partial charge in [-0.2, -0.15) is 0 Å². The van der Waals surface area contributed by atoms with Crippen molar-refractivity contribution in [2.75, 3.05) is 13.8 Å². The van der Waals surface area contributed by atoms with Crippen molar-refractivity contribution >= 4 is 11.8 Å². The van der Waals surface area contributed by atoms with Gasteiger partial charge in [-0.3, -0.25) is 9.59 Å². The molecule has 2 aromatic carbocycles. The Kier molecular flexibility index (Phi) is 7.10. The van der Waals surface area contributed by atoms with Crippen LogP contribution in [0.25, 0.3) is 0 Å². The third-order valence-electron chi connectivity index (χ3n) is 6.21. The highest BCUT2D eigenvalue weighted by molar-refractivity contribution is 5.99. The van der Waals surface area contributed by atoms with Crippen molar-refractivity contribution in [3.8, 4) is 17.2 Å². The van der Waals surface area contributed by atoms with Crippen molar-refractivity contribution in [1.29, 1.82) is 0 Å². The minimum atomic E-state index is -0.651. The molecule has 0 fully saturated rings. The van der Waals surface area contributed by atoms with Crippen LogP contribution in [0.2, 0.25) is 0 Å². The molecule has 2 aromatic rings. The van der Waals surface area contributed by atoms with Gasteiger partial charge in [-0.25, -0.2) is 0 Å². The van der Waals surface area contributed by atoms with E-state index in [-0.39, 0.29) is 36.7 Å². The molecule has 0 radical (unpaired) electrons. The predicted molar refractivity (Wildman–Crippen MR) is 129 cm³/mol. The number of rotatable bonds is 2. The second-order valence-electron chi connectivity index (χ2n) is 9.15. The number of hydrogen-bond acceptors (Lipinski definition) is 5. The molecule has 0 aliphatic carbocycles. The lowest BCUT2D eigenvalue weighted by molar-refractivity contribution is -0.127. The number of ether oxygens (including phenoxy) is 3. The number of amides is 2. The van der Waals surface area contributed by atoms with Crippen LogP contribution < -0.4 is 19.5 Å². The van der Waals surface area contributed by atoms with Gasteiger partial charge in [0.1, 0.15) is 11.8 Å². The van der Waals surface area contributed by atoms with Crippen LogP contribution in [-0.4, -0.2) is 42.7 Å². The smallest absolute Gasteiger partial charge is 0.258 e. The number of para-hydroxylation sites is 1. The molecule has 0 spiro atoms. The number of benzene rings is 2. The Bertz CT molecular complexity index is 1080. The molecule has 7 heteroatoms. The fourth-order valence-electron chi connectivity index (χ4n) is 4.44. The van der Waals surface area contributed by atoms with Gasteiger partial charge in [0.05, 0.1) is 17.7 Å². The van der Waals surface area contributed by atoms with Gasteiger partial charge in [0, 0.05) is 13.5 Å². The van der Waals surface area contributed by atoms with Gasteiger partial charge in [0.25, 0.3) is 5.91 Å². The highest BCUT2D eigenvalue weighted by Crippen LogP contribution is 2.35. The molecule has 7 nitrogen and oxygen atoms in total. The third-order valence-corrected chi connectivity index (χ3v) is 6.21. The lowest BCUT2D eigenvalue weighted by Gasteiger charge is -2.32. The molecule has 4 rings (SSSR count). The maximum atomic E-state index is 13.5. The average molecular weight is 465 g/mol. The Labute approximate surface area is 200 Å². The Balaban J connectivity index is 1.69. The average Bonchev–Trinajstić information content (AvgIpc) is 3.28. The summed E-state index contributed by atoms with van der Waals surface area (Å²) in [6, 6.07) is 12.0. The molecule has 0 saturated carbocycles. The Morgan fingerprint density at radius 2 is 1.71 bits per heavy atom. The summed E-state index contributed by atoms with van der Waals surface area (Å²) in [5.41, 5.74) is 1.36. The van der Waals surface area contributed by atoms with Gasteiger partial charge >= 0.3 is 0 Å². The summed E-state index contributed by atoms with van der Waals surface area (Å²) in [6.45, 7) is 6.06. The van der Waals surface area contributed by atoms with E-state index in [1.165, 1.54) is 4.90 Å². The normalized spacial score (nSPS) is 24.1. The number of hydrogen-bond donors (Lipinski definition) is 1. The first-order valence-electron chi connectivity index (χ1n) is 11.7. The van der Waals surface area contributed by atoms with E-state index in [1.54, 1.807) is 19.2 Å². The number of nitrogens with zero attached hydrogens (tertiary/aromatic N) is 1. The van der Waals surface area contributed by atoms with Crippen LogP contribution in [0.3, 0.4) is 0 Å². The SMILES string of the molecule is CC(C)[C@@H]1C(=O)N[C@H](c2ccc3c(c2)OCO3)C/C=C\C[C@H](C)Oc2ccccc2C(=O)N1C. The molecule has 0 saturated heterocycles. The molecule has 0 aromatic heterocycles. The fourth-order valence-corrected chi connectivity index (χ4v) is 4.44. The van der Waals surface area contributed by atoms with Gasteiger partial charge in [0.2, 0.25) is 12.7 Å². The van der Waals surface area contributed by atoms with Crippen molar-refractivity contribution in [1.82, 2.24) is 10.2 Å². The molecule has 2 aliphatic heterocycles. The van der Waals surface area contributed by atoms with Crippen LogP contribution in [0, 0.1) is 5.92 Å². The highest BCUT2D eigenvalue weighted by atomic mass is 16.7. The van der Waals surface area contributed by atoms with E-state index in [2.05, 4.69) is 17.5 Å². The highest BCUT2D eigenvalue weighted by Gasteiger charge is 2.33. The van der Waals surface area contributed by atoms with Crippen LogP contribution in [0.1, 0.15) is 55.6 Å². The van der Waals surface area contributed by atoms with Crippen molar-refractivity contribution < 1.29 is 23.8 Å². The first kappa shape index (κ1) is 23.7. The summed E-state index contributed by atoms with van der Waals surface area (Å²) >= 11 is 0. The zero-order valence-electron chi connectivity index (χ0n) is 20.1. The third kappa shape index (κ3) is 5.03. The van der Waals surface area contributed by atoms with E-state index in [1.807, 2.05) is 51.1 Å². The first-order chi connectivity index (χ1) is 16.3. The molecular formula is C27H32N2O5. The van der Waals surface area contributed by atoms with E-state index in [0.717, 1.165) is 5.56 Å². The molecule has 2 aliphatic rings. The van der Waals surface area contributed by atoms with E-state index in [0.29, 0.717) is 35.7 Å². The van der Waals surface area contributed by atoms with Crippen LogP contribution in [0.4, 0.5) is 0 Å². The van der Waals surface area contributed by atoms with Crippen molar-refractivity contribution in [3.63, 3.8) is 0 Å². The maximum Gasteiger partial charge on any atom is 0.258 e. The Morgan fingerprint density at radius 3 is 2.50 bits per heavy atom. The molecule has 1 N–H and O–H groups in total. The number of carbonyl (C=O) groups is 2. The van der Waals surface area contributed by atoms with E-state index in [9.17, 15) is 9.59 Å². The number of carbonyl (C=O) groups excluding carboxylic acids is 2. The molecule has 2 amide bonds. The summed E-state index contributed by atoms with van der Waals surface area (Å²) in [5, 5.41) is 3.18.